The third kappa shape index (κ3) is 1.60. The maximum Gasteiger partial charge on any atom is 0.306 e. The summed E-state index contributed by atoms with van der Waals surface area (Å²) in [5, 5.41) is 0. The average Bonchev–Trinajstić information content (AvgIpc) is 2.11. The van der Waals surface area contributed by atoms with Crippen LogP contribution in [0.3, 0.4) is 0 Å². The zero-order chi connectivity index (χ0) is 7.78. The number of cyclic esters (lactones) is 1. The summed E-state index contributed by atoms with van der Waals surface area (Å²) in [5.74, 6) is -0.214. The van der Waals surface area contributed by atoms with Gasteiger partial charge in [-0.05, 0) is 13.3 Å². The Hall–Kier alpha value is -0.300. The summed E-state index contributed by atoms with van der Waals surface area (Å²) >= 11 is 0. The molecule has 1 saturated heterocycles. The first kappa shape index (κ1) is 7.80. The summed E-state index contributed by atoms with van der Waals surface area (Å²) in [6.07, 6.45) is 0.338. The molecule has 0 amide bonds. The molecule has 0 saturated carbocycles. The Morgan fingerprint density at radius 1 is 1.60 bits per heavy atom. The Bertz CT molecular complexity index is 193. The van der Waals surface area contributed by atoms with Crippen LogP contribution in [-0.4, -0.2) is 31.6 Å². The molecule has 1 heterocycles. The molecule has 1 rings (SSSR count). The molecule has 0 bridgehead atoms. The normalized spacial score (nSPS) is 26.6. The highest BCUT2D eigenvalue weighted by Gasteiger charge is 2.32. The van der Waals surface area contributed by atoms with Crippen LogP contribution >= 0.6 is 7.14 Å². The van der Waals surface area contributed by atoms with Gasteiger partial charge in [-0.1, -0.05) is 0 Å². The number of ether oxygens (including phenoxy) is 1. The van der Waals surface area contributed by atoms with Crippen molar-refractivity contribution < 1.29 is 14.1 Å². The highest BCUT2D eigenvalue weighted by molar-refractivity contribution is 7.63. The molecule has 0 aromatic heterocycles. The number of carbonyl (C=O) groups is 1. The van der Waals surface area contributed by atoms with Crippen molar-refractivity contribution in [3.05, 3.63) is 0 Å². The second-order valence-corrected chi connectivity index (χ2v) is 6.57. The molecule has 0 aromatic carbocycles. The van der Waals surface area contributed by atoms with Crippen LogP contribution in [0, 0.1) is 0 Å². The summed E-state index contributed by atoms with van der Waals surface area (Å²) in [5.41, 5.74) is -0.0278. The Labute approximate surface area is 60.1 Å². The van der Waals surface area contributed by atoms with Gasteiger partial charge in [0.15, 0.2) is 0 Å². The zero-order valence-corrected chi connectivity index (χ0v) is 7.06. The number of hydrogen-bond acceptors (Lipinski definition) is 3. The van der Waals surface area contributed by atoms with Crippen molar-refractivity contribution in [3.8, 4) is 0 Å². The Balaban J connectivity index is 2.62. The van der Waals surface area contributed by atoms with Gasteiger partial charge in [0.25, 0.3) is 0 Å². The van der Waals surface area contributed by atoms with Crippen LogP contribution in [-0.2, 0) is 14.1 Å². The molecule has 1 aliphatic rings. The van der Waals surface area contributed by atoms with E-state index >= 15 is 0 Å². The highest BCUT2D eigenvalue weighted by Crippen LogP contribution is 2.46. The van der Waals surface area contributed by atoms with Gasteiger partial charge in [0, 0.05) is 0 Å². The minimum absolute atomic E-state index is 0.0278. The first-order chi connectivity index (χ1) is 4.50. The monoisotopic (exact) mass is 162 g/mol. The lowest BCUT2D eigenvalue weighted by Gasteiger charge is -2.10. The largest absolute Gasteiger partial charge is 0.465 e. The average molecular weight is 162 g/mol. The molecular formula is C6H11O3P. The fourth-order valence-corrected chi connectivity index (χ4v) is 1.92. The van der Waals surface area contributed by atoms with Gasteiger partial charge in [-0.2, -0.15) is 0 Å². The molecule has 1 unspecified atom stereocenters. The van der Waals surface area contributed by atoms with E-state index < -0.39 is 7.14 Å². The van der Waals surface area contributed by atoms with Gasteiger partial charge in [-0.25, -0.2) is 0 Å². The van der Waals surface area contributed by atoms with Crippen molar-refractivity contribution in [2.75, 3.05) is 19.9 Å². The fraction of sp³-hybridized carbons (Fsp3) is 0.833. The first-order valence-electron chi connectivity index (χ1n) is 3.20. The third-order valence-electron chi connectivity index (χ3n) is 1.72. The summed E-state index contributed by atoms with van der Waals surface area (Å²) in [6.45, 7) is 3.74. The molecule has 3 nitrogen and oxygen atoms in total. The highest BCUT2D eigenvalue weighted by atomic mass is 31.2. The van der Waals surface area contributed by atoms with Gasteiger partial charge in [0.2, 0.25) is 0 Å². The Morgan fingerprint density at radius 2 is 2.20 bits per heavy atom. The van der Waals surface area contributed by atoms with Crippen LogP contribution < -0.4 is 0 Å². The van der Waals surface area contributed by atoms with Crippen molar-refractivity contribution in [1.29, 1.82) is 0 Å². The standard InChI is InChI=1S/C6H11O3P/c1-10(2,8)5-3-6(7)9-4-5/h5H,3-4H2,1-2H3. The quantitative estimate of drug-likeness (QED) is 0.425. The number of carbonyl (C=O) groups excluding carboxylic acids is 1. The summed E-state index contributed by atoms with van der Waals surface area (Å²) in [6, 6.07) is 0. The van der Waals surface area contributed by atoms with E-state index in [0.29, 0.717) is 13.0 Å². The van der Waals surface area contributed by atoms with Crippen LogP contribution in [0.5, 0.6) is 0 Å². The predicted octanol–water partition coefficient (Wildman–Crippen LogP) is 0.925. The van der Waals surface area contributed by atoms with Crippen molar-refractivity contribution >= 4 is 13.1 Å². The van der Waals surface area contributed by atoms with Gasteiger partial charge >= 0.3 is 5.97 Å². The second kappa shape index (κ2) is 2.39. The van der Waals surface area contributed by atoms with E-state index in [0.717, 1.165) is 0 Å². The molecule has 1 aliphatic heterocycles. The summed E-state index contributed by atoms with van der Waals surface area (Å²) in [7, 11) is -2.10. The second-order valence-electron chi connectivity index (χ2n) is 2.98. The van der Waals surface area contributed by atoms with Gasteiger partial charge in [-0.15, -0.1) is 0 Å². The minimum atomic E-state index is -2.10. The molecule has 0 N–H and O–H groups in total. The van der Waals surface area contributed by atoms with Crippen LogP contribution in [0.25, 0.3) is 0 Å². The number of rotatable bonds is 1. The third-order valence-corrected chi connectivity index (χ3v) is 3.81. The van der Waals surface area contributed by atoms with Crippen molar-refractivity contribution in [3.63, 3.8) is 0 Å². The van der Waals surface area contributed by atoms with E-state index in [4.69, 9.17) is 0 Å². The fourth-order valence-electron chi connectivity index (χ4n) is 0.899. The van der Waals surface area contributed by atoms with Gasteiger partial charge < -0.3 is 9.30 Å². The smallest absolute Gasteiger partial charge is 0.306 e. The van der Waals surface area contributed by atoms with Crippen LogP contribution in [0.2, 0.25) is 0 Å². The lowest BCUT2D eigenvalue weighted by atomic mass is 10.4. The summed E-state index contributed by atoms with van der Waals surface area (Å²) in [4.78, 5) is 10.6. The van der Waals surface area contributed by atoms with Crippen molar-refractivity contribution in [2.45, 2.75) is 12.1 Å². The number of esters is 1. The maximum atomic E-state index is 11.3. The summed E-state index contributed by atoms with van der Waals surface area (Å²) < 4.78 is 16.0. The molecule has 0 aromatic rings. The lowest BCUT2D eigenvalue weighted by molar-refractivity contribution is -0.137. The number of hydrogen-bond donors (Lipinski definition) is 0. The molecule has 1 atom stereocenters. The van der Waals surface area contributed by atoms with Crippen LogP contribution in [0.15, 0.2) is 0 Å². The molecule has 4 heteroatoms. The van der Waals surface area contributed by atoms with E-state index in [9.17, 15) is 9.36 Å². The lowest BCUT2D eigenvalue weighted by Crippen LogP contribution is -2.05. The topological polar surface area (TPSA) is 43.4 Å². The Kier molecular flexibility index (Phi) is 1.86. The Morgan fingerprint density at radius 3 is 2.40 bits per heavy atom. The molecule has 0 aliphatic carbocycles. The van der Waals surface area contributed by atoms with Crippen LogP contribution in [0.4, 0.5) is 0 Å². The minimum Gasteiger partial charge on any atom is -0.465 e. The van der Waals surface area contributed by atoms with E-state index in [1.807, 2.05) is 0 Å². The molecule has 0 radical (unpaired) electrons. The van der Waals surface area contributed by atoms with E-state index in [1.165, 1.54) is 0 Å². The molecule has 1 fully saturated rings. The van der Waals surface area contributed by atoms with Crippen LogP contribution in [0.1, 0.15) is 6.42 Å². The van der Waals surface area contributed by atoms with Gasteiger partial charge in [0.1, 0.15) is 6.61 Å². The van der Waals surface area contributed by atoms with E-state index in [2.05, 4.69) is 4.74 Å². The molecular weight excluding hydrogens is 151 g/mol. The van der Waals surface area contributed by atoms with E-state index in [1.54, 1.807) is 13.3 Å². The zero-order valence-electron chi connectivity index (χ0n) is 6.16. The van der Waals surface area contributed by atoms with Crippen molar-refractivity contribution in [1.82, 2.24) is 0 Å². The maximum absolute atomic E-state index is 11.3. The van der Waals surface area contributed by atoms with Gasteiger partial charge in [0.05, 0.1) is 19.2 Å². The van der Waals surface area contributed by atoms with Gasteiger partial charge in [-0.3, -0.25) is 4.79 Å². The van der Waals surface area contributed by atoms with Crippen molar-refractivity contribution in [2.24, 2.45) is 0 Å². The molecule has 10 heavy (non-hydrogen) atoms. The molecule has 0 spiro atoms. The first-order valence-corrected chi connectivity index (χ1v) is 5.87. The van der Waals surface area contributed by atoms with E-state index in [-0.39, 0.29) is 11.6 Å². The SMILES string of the molecule is CP(C)(=O)C1COC(=O)C1. The predicted molar refractivity (Wildman–Crippen MR) is 38.8 cm³/mol. The molecule has 58 valence electrons.